The SMILES string of the molecule is CCCCCCCC(=O)O.Cc1ccc(C)cc1.[CaH2]. The van der Waals surface area contributed by atoms with Gasteiger partial charge in [0.2, 0.25) is 0 Å². The fraction of sp³-hybridized carbons (Fsp3) is 0.562. The van der Waals surface area contributed by atoms with E-state index in [1.54, 1.807) is 0 Å². The van der Waals surface area contributed by atoms with Crippen molar-refractivity contribution in [3.63, 3.8) is 0 Å². The number of aryl methyl sites for hydroxylation is 2. The first kappa shape index (κ1) is 21.3. The van der Waals surface area contributed by atoms with Gasteiger partial charge < -0.3 is 5.11 Å². The Morgan fingerprint density at radius 3 is 1.74 bits per heavy atom. The van der Waals surface area contributed by atoms with Crippen molar-refractivity contribution in [2.24, 2.45) is 0 Å². The number of hydrogen-bond acceptors (Lipinski definition) is 1. The second-order valence-corrected chi connectivity index (χ2v) is 4.71. The van der Waals surface area contributed by atoms with E-state index >= 15 is 0 Å². The van der Waals surface area contributed by atoms with Gasteiger partial charge in [-0.1, -0.05) is 68.0 Å². The van der Waals surface area contributed by atoms with Gasteiger partial charge in [0, 0.05) is 6.42 Å². The van der Waals surface area contributed by atoms with Gasteiger partial charge in [-0.25, -0.2) is 0 Å². The van der Waals surface area contributed by atoms with E-state index in [0.717, 1.165) is 12.8 Å². The molecule has 0 radical (unpaired) electrons. The quantitative estimate of drug-likeness (QED) is 0.639. The van der Waals surface area contributed by atoms with Gasteiger partial charge in [-0.05, 0) is 20.3 Å². The summed E-state index contributed by atoms with van der Waals surface area (Å²) >= 11 is 0. The van der Waals surface area contributed by atoms with E-state index in [1.807, 2.05) is 0 Å². The molecule has 0 aliphatic carbocycles. The number of carboxylic acids is 1. The van der Waals surface area contributed by atoms with Crippen molar-refractivity contribution in [3.8, 4) is 0 Å². The fourth-order valence-corrected chi connectivity index (χ4v) is 1.52. The molecule has 1 aromatic rings. The average Bonchev–Trinajstić information content (AvgIpc) is 2.33. The minimum absolute atomic E-state index is 0. The Labute approximate surface area is 147 Å². The number of rotatable bonds is 6. The number of carboxylic acid groups (broad SMARTS) is 1. The molecule has 0 fully saturated rings. The molecule has 19 heavy (non-hydrogen) atoms. The maximum absolute atomic E-state index is 10.0. The normalized spacial score (nSPS) is 9.00. The van der Waals surface area contributed by atoms with Crippen LogP contribution in [0.4, 0.5) is 0 Å². The standard InChI is InChI=1S/C8H16O2.C8H10.Ca.2H/c1-2-3-4-5-6-7-8(9)10;1-7-3-5-8(2)6-4-7;;;/h2-7H2,1H3,(H,9,10);3-6H,1-2H3;;;. The minimum atomic E-state index is -0.670. The van der Waals surface area contributed by atoms with Crippen LogP contribution in [0.25, 0.3) is 0 Å². The van der Waals surface area contributed by atoms with Gasteiger partial charge in [-0.2, -0.15) is 0 Å². The molecule has 1 rings (SSSR count). The fourth-order valence-electron chi connectivity index (χ4n) is 1.52. The first-order chi connectivity index (χ1) is 8.56. The predicted octanol–water partition coefficient (Wildman–Crippen LogP) is 3.82. The van der Waals surface area contributed by atoms with Gasteiger partial charge in [0.15, 0.2) is 0 Å². The Morgan fingerprint density at radius 1 is 0.947 bits per heavy atom. The summed E-state index contributed by atoms with van der Waals surface area (Å²) in [6.45, 7) is 6.34. The zero-order valence-corrected chi connectivity index (χ0v) is 11.9. The average molecular weight is 292 g/mol. The second-order valence-electron chi connectivity index (χ2n) is 4.71. The molecule has 106 valence electrons. The summed E-state index contributed by atoms with van der Waals surface area (Å²) < 4.78 is 0. The molecule has 2 nitrogen and oxygen atoms in total. The Morgan fingerprint density at radius 2 is 1.37 bits per heavy atom. The summed E-state index contributed by atoms with van der Waals surface area (Å²) in [5.41, 5.74) is 2.66. The monoisotopic (exact) mass is 292 g/mol. The summed E-state index contributed by atoms with van der Waals surface area (Å²) in [6.07, 6.45) is 5.88. The van der Waals surface area contributed by atoms with Gasteiger partial charge >= 0.3 is 43.7 Å². The van der Waals surface area contributed by atoms with Gasteiger partial charge in [0.25, 0.3) is 0 Å². The van der Waals surface area contributed by atoms with Crippen LogP contribution in [-0.2, 0) is 4.79 Å². The zero-order chi connectivity index (χ0) is 13.8. The van der Waals surface area contributed by atoms with E-state index in [1.165, 1.54) is 30.4 Å². The molecule has 1 aromatic carbocycles. The summed E-state index contributed by atoms with van der Waals surface area (Å²) in [4.78, 5) is 10.0. The van der Waals surface area contributed by atoms with Crippen molar-refractivity contribution >= 4 is 43.7 Å². The van der Waals surface area contributed by atoms with E-state index in [4.69, 9.17) is 5.11 Å². The number of benzene rings is 1. The third-order valence-electron chi connectivity index (χ3n) is 2.71. The summed E-state index contributed by atoms with van der Waals surface area (Å²) in [6, 6.07) is 8.48. The van der Waals surface area contributed by atoms with Crippen LogP contribution < -0.4 is 0 Å². The van der Waals surface area contributed by atoms with E-state index in [2.05, 4.69) is 45.0 Å². The van der Waals surface area contributed by atoms with Crippen LogP contribution in [0.3, 0.4) is 0 Å². The van der Waals surface area contributed by atoms with Crippen LogP contribution in [0.15, 0.2) is 24.3 Å². The number of carbonyl (C=O) groups is 1. The van der Waals surface area contributed by atoms with Crippen molar-refractivity contribution in [3.05, 3.63) is 35.4 Å². The Bertz CT molecular complexity index is 299. The zero-order valence-electron chi connectivity index (χ0n) is 11.9. The molecular weight excluding hydrogens is 264 g/mol. The van der Waals surface area contributed by atoms with Crippen molar-refractivity contribution < 1.29 is 9.90 Å². The van der Waals surface area contributed by atoms with E-state index < -0.39 is 5.97 Å². The number of unbranched alkanes of at least 4 members (excludes halogenated alkanes) is 4. The van der Waals surface area contributed by atoms with E-state index in [0.29, 0.717) is 6.42 Å². The summed E-state index contributed by atoms with van der Waals surface area (Å²) in [5, 5.41) is 8.27. The topological polar surface area (TPSA) is 37.3 Å². The van der Waals surface area contributed by atoms with Crippen molar-refractivity contribution in [2.45, 2.75) is 59.3 Å². The van der Waals surface area contributed by atoms with Crippen molar-refractivity contribution in [1.82, 2.24) is 0 Å². The Balaban J connectivity index is 0. The van der Waals surface area contributed by atoms with E-state index in [-0.39, 0.29) is 37.7 Å². The second kappa shape index (κ2) is 14.4. The molecule has 0 saturated carbocycles. The molecule has 0 heterocycles. The van der Waals surface area contributed by atoms with Crippen molar-refractivity contribution in [1.29, 1.82) is 0 Å². The molecule has 0 aliphatic heterocycles. The predicted molar refractivity (Wildman–Crippen MR) is 85.5 cm³/mol. The summed E-state index contributed by atoms with van der Waals surface area (Å²) in [7, 11) is 0. The van der Waals surface area contributed by atoms with Crippen LogP contribution in [0.1, 0.15) is 56.6 Å². The van der Waals surface area contributed by atoms with Crippen molar-refractivity contribution in [2.75, 3.05) is 0 Å². The molecule has 0 spiro atoms. The first-order valence-corrected chi connectivity index (χ1v) is 6.81. The maximum atomic E-state index is 10.0. The molecule has 0 aliphatic rings. The molecule has 0 bridgehead atoms. The number of hydrogen-bond donors (Lipinski definition) is 1. The molecule has 0 saturated heterocycles. The van der Waals surface area contributed by atoms with Gasteiger partial charge in [-0.3, -0.25) is 4.79 Å². The Kier molecular flexibility index (Phi) is 16.1. The van der Waals surface area contributed by atoms with Gasteiger partial charge in [0.1, 0.15) is 0 Å². The summed E-state index contributed by atoms with van der Waals surface area (Å²) in [5.74, 6) is -0.670. The third-order valence-corrected chi connectivity index (χ3v) is 2.71. The van der Waals surface area contributed by atoms with Crippen LogP contribution in [0, 0.1) is 13.8 Å². The van der Waals surface area contributed by atoms with Gasteiger partial charge in [0.05, 0.1) is 0 Å². The van der Waals surface area contributed by atoms with Gasteiger partial charge in [-0.15, -0.1) is 0 Å². The molecular formula is C16H28CaO2. The number of aliphatic carboxylic acids is 1. The first-order valence-electron chi connectivity index (χ1n) is 6.81. The molecule has 0 atom stereocenters. The van der Waals surface area contributed by atoms with Crippen LogP contribution >= 0.6 is 0 Å². The molecule has 3 heteroatoms. The van der Waals surface area contributed by atoms with Crippen LogP contribution in [0.5, 0.6) is 0 Å². The molecule has 0 amide bonds. The molecule has 0 aromatic heterocycles. The van der Waals surface area contributed by atoms with E-state index in [9.17, 15) is 4.79 Å². The third kappa shape index (κ3) is 15.9. The van der Waals surface area contributed by atoms with Crippen LogP contribution in [-0.4, -0.2) is 48.8 Å². The molecule has 1 N–H and O–H groups in total. The van der Waals surface area contributed by atoms with Crippen LogP contribution in [0.2, 0.25) is 0 Å². The Hall–Kier alpha value is -0.0503. The molecule has 0 unspecified atom stereocenters.